The fourth-order valence-electron chi connectivity index (χ4n) is 3.37. The first-order chi connectivity index (χ1) is 13.4. The van der Waals surface area contributed by atoms with Gasteiger partial charge in [-0.15, -0.1) is 0 Å². The Kier molecular flexibility index (Phi) is 6.34. The standard InChI is InChI=1S/C21H25FN2O3S/c1-16(28(26,27)20-10-8-17(22)9-11-20)14-21(25)23-18-6-5-7-19(15-18)24-12-3-2-4-13-24/h5-11,15-16H,2-4,12-14H2,1H3,(H,23,25). The van der Waals surface area contributed by atoms with Gasteiger partial charge in [0, 0.05) is 30.9 Å². The van der Waals surface area contributed by atoms with Crippen LogP contribution < -0.4 is 10.2 Å². The van der Waals surface area contributed by atoms with Crippen LogP contribution >= 0.6 is 0 Å². The first-order valence-corrected chi connectivity index (χ1v) is 11.1. The third kappa shape index (κ3) is 4.90. The molecular weight excluding hydrogens is 379 g/mol. The molecule has 1 aliphatic heterocycles. The molecule has 1 aliphatic rings. The SMILES string of the molecule is CC(CC(=O)Nc1cccc(N2CCCCC2)c1)S(=O)(=O)c1ccc(F)cc1. The molecule has 0 bridgehead atoms. The largest absolute Gasteiger partial charge is 0.371 e. The zero-order chi connectivity index (χ0) is 20.1. The summed E-state index contributed by atoms with van der Waals surface area (Å²) in [6, 6.07) is 12.3. The molecule has 2 aromatic rings. The van der Waals surface area contributed by atoms with E-state index in [-0.39, 0.29) is 17.2 Å². The van der Waals surface area contributed by atoms with Crippen molar-refractivity contribution in [1.82, 2.24) is 0 Å². The lowest BCUT2D eigenvalue weighted by molar-refractivity contribution is -0.116. The van der Waals surface area contributed by atoms with Gasteiger partial charge in [-0.2, -0.15) is 0 Å². The number of carbonyl (C=O) groups is 1. The van der Waals surface area contributed by atoms with Crippen molar-refractivity contribution in [3.8, 4) is 0 Å². The van der Waals surface area contributed by atoms with Crippen molar-refractivity contribution in [3.63, 3.8) is 0 Å². The van der Waals surface area contributed by atoms with Crippen LogP contribution in [0.15, 0.2) is 53.4 Å². The molecular formula is C21H25FN2O3S. The van der Waals surface area contributed by atoms with Crippen molar-refractivity contribution in [3.05, 3.63) is 54.3 Å². The molecule has 1 fully saturated rings. The second-order valence-electron chi connectivity index (χ2n) is 7.16. The highest BCUT2D eigenvalue weighted by atomic mass is 32.2. The Bertz CT molecular complexity index is 923. The van der Waals surface area contributed by atoms with Crippen LogP contribution in [0.5, 0.6) is 0 Å². The van der Waals surface area contributed by atoms with E-state index >= 15 is 0 Å². The second kappa shape index (κ2) is 8.73. The van der Waals surface area contributed by atoms with Crippen molar-refractivity contribution >= 4 is 27.1 Å². The molecule has 1 heterocycles. The smallest absolute Gasteiger partial charge is 0.225 e. The molecule has 1 N–H and O–H groups in total. The van der Waals surface area contributed by atoms with Gasteiger partial charge >= 0.3 is 0 Å². The number of nitrogens with zero attached hydrogens (tertiary/aromatic N) is 1. The third-order valence-electron chi connectivity index (χ3n) is 5.00. The number of sulfone groups is 1. The van der Waals surface area contributed by atoms with E-state index in [0.29, 0.717) is 5.69 Å². The van der Waals surface area contributed by atoms with Gasteiger partial charge in [-0.05, 0) is 68.7 Å². The summed E-state index contributed by atoms with van der Waals surface area (Å²) in [7, 11) is -3.70. The summed E-state index contributed by atoms with van der Waals surface area (Å²) in [5.41, 5.74) is 1.71. The molecule has 5 nitrogen and oxygen atoms in total. The van der Waals surface area contributed by atoms with E-state index < -0.39 is 20.9 Å². The quantitative estimate of drug-likeness (QED) is 0.739. The minimum atomic E-state index is -3.70. The molecule has 0 aromatic heterocycles. The molecule has 28 heavy (non-hydrogen) atoms. The van der Waals surface area contributed by atoms with Crippen molar-refractivity contribution in [2.75, 3.05) is 23.3 Å². The highest BCUT2D eigenvalue weighted by Gasteiger charge is 2.26. The van der Waals surface area contributed by atoms with Crippen LogP contribution in [-0.4, -0.2) is 32.7 Å². The average Bonchev–Trinajstić information content (AvgIpc) is 2.69. The van der Waals surface area contributed by atoms with Gasteiger partial charge in [-0.3, -0.25) is 4.79 Å². The van der Waals surface area contributed by atoms with E-state index in [9.17, 15) is 17.6 Å². The van der Waals surface area contributed by atoms with Crippen LogP contribution in [0.3, 0.4) is 0 Å². The normalized spacial score (nSPS) is 15.9. The van der Waals surface area contributed by atoms with E-state index in [1.807, 2.05) is 18.2 Å². The van der Waals surface area contributed by atoms with Gasteiger partial charge < -0.3 is 10.2 Å². The maximum atomic E-state index is 13.0. The molecule has 150 valence electrons. The van der Waals surface area contributed by atoms with E-state index in [2.05, 4.69) is 10.2 Å². The maximum Gasteiger partial charge on any atom is 0.225 e. The van der Waals surface area contributed by atoms with E-state index in [1.54, 1.807) is 6.07 Å². The number of anilines is 2. The first kappa shape index (κ1) is 20.3. The zero-order valence-electron chi connectivity index (χ0n) is 15.9. The molecule has 1 unspecified atom stereocenters. The zero-order valence-corrected chi connectivity index (χ0v) is 16.7. The predicted octanol–water partition coefficient (Wildman–Crippen LogP) is 4.01. The minimum absolute atomic E-state index is 0.0151. The van der Waals surface area contributed by atoms with Crippen LogP contribution in [0.25, 0.3) is 0 Å². The highest BCUT2D eigenvalue weighted by Crippen LogP contribution is 2.24. The minimum Gasteiger partial charge on any atom is -0.371 e. The summed E-state index contributed by atoms with van der Waals surface area (Å²) in [6.45, 7) is 3.50. The molecule has 1 saturated heterocycles. The summed E-state index contributed by atoms with van der Waals surface area (Å²) in [6.07, 6.45) is 3.39. The Morgan fingerprint density at radius 1 is 1.11 bits per heavy atom. The fourth-order valence-corrected chi connectivity index (χ4v) is 4.72. The number of carbonyl (C=O) groups excluding carboxylic acids is 1. The lowest BCUT2D eigenvalue weighted by atomic mass is 10.1. The number of benzene rings is 2. The number of hydrogen-bond donors (Lipinski definition) is 1. The van der Waals surface area contributed by atoms with Crippen molar-refractivity contribution in [2.45, 2.75) is 42.8 Å². The summed E-state index contributed by atoms with van der Waals surface area (Å²) >= 11 is 0. The van der Waals surface area contributed by atoms with Crippen molar-refractivity contribution < 1.29 is 17.6 Å². The van der Waals surface area contributed by atoms with Crippen LogP contribution in [0.1, 0.15) is 32.6 Å². The van der Waals surface area contributed by atoms with E-state index in [0.717, 1.165) is 43.8 Å². The number of amides is 1. The van der Waals surface area contributed by atoms with Crippen LogP contribution in [0, 0.1) is 5.82 Å². The fraction of sp³-hybridized carbons (Fsp3) is 0.381. The van der Waals surface area contributed by atoms with Crippen molar-refractivity contribution in [1.29, 1.82) is 0 Å². The molecule has 3 rings (SSSR count). The molecule has 7 heteroatoms. The number of nitrogens with one attached hydrogen (secondary N) is 1. The Morgan fingerprint density at radius 3 is 2.46 bits per heavy atom. The molecule has 1 atom stereocenters. The van der Waals surface area contributed by atoms with Crippen LogP contribution in [-0.2, 0) is 14.6 Å². The molecule has 0 aliphatic carbocycles. The summed E-state index contributed by atoms with van der Waals surface area (Å²) in [5, 5.41) is 1.88. The summed E-state index contributed by atoms with van der Waals surface area (Å²) in [5.74, 6) is -0.869. The Morgan fingerprint density at radius 2 is 1.79 bits per heavy atom. The lowest BCUT2D eigenvalue weighted by Gasteiger charge is -2.29. The van der Waals surface area contributed by atoms with Gasteiger partial charge in [-0.25, -0.2) is 12.8 Å². The van der Waals surface area contributed by atoms with Gasteiger partial charge in [0.05, 0.1) is 10.1 Å². The highest BCUT2D eigenvalue weighted by molar-refractivity contribution is 7.92. The van der Waals surface area contributed by atoms with Crippen molar-refractivity contribution in [2.24, 2.45) is 0 Å². The summed E-state index contributed by atoms with van der Waals surface area (Å²) in [4.78, 5) is 14.7. The van der Waals surface area contributed by atoms with Gasteiger partial charge in [-0.1, -0.05) is 6.07 Å². The number of piperidine rings is 1. The Labute approximate surface area is 165 Å². The van der Waals surface area contributed by atoms with Crippen LogP contribution in [0.2, 0.25) is 0 Å². The molecule has 2 aromatic carbocycles. The molecule has 1 amide bonds. The maximum absolute atomic E-state index is 13.0. The average molecular weight is 405 g/mol. The van der Waals surface area contributed by atoms with E-state index in [1.165, 1.54) is 25.5 Å². The van der Waals surface area contributed by atoms with Gasteiger partial charge in [0.15, 0.2) is 9.84 Å². The monoisotopic (exact) mass is 404 g/mol. The second-order valence-corrected chi connectivity index (χ2v) is 9.53. The number of hydrogen-bond acceptors (Lipinski definition) is 4. The van der Waals surface area contributed by atoms with Crippen LogP contribution in [0.4, 0.5) is 15.8 Å². The molecule has 0 spiro atoms. The summed E-state index contributed by atoms with van der Waals surface area (Å²) < 4.78 is 38.2. The number of rotatable bonds is 6. The molecule has 0 saturated carbocycles. The lowest BCUT2D eigenvalue weighted by Crippen LogP contribution is -2.29. The first-order valence-electron chi connectivity index (χ1n) is 9.50. The number of halogens is 1. The Hall–Kier alpha value is -2.41. The topological polar surface area (TPSA) is 66.5 Å². The predicted molar refractivity (Wildman–Crippen MR) is 109 cm³/mol. The molecule has 0 radical (unpaired) electrons. The third-order valence-corrected chi connectivity index (χ3v) is 7.15. The van der Waals surface area contributed by atoms with Gasteiger partial charge in [0.1, 0.15) is 5.82 Å². The van der Waals surface area contributed by atoms with Gasteiger partial charge in [0.2, 0.25) is 5.91 Å². The Balaban J connectivity index is 1.64. The van der Waals surface area contributed by atoms with E-state index in [4.69, 9.17) is 0 Å². The van der Waals surface area contributed by atoms with Gasteiger partial charge in [0.25, 0.3) is 0 Å².